The number of aromatic nitrogens is 3. The van der Waals surface area contributed by atoms with Gasteiger partial charge >= 0.3 is 11.7 Å². The maximum absolute atomic E-state index is 9.13. The lowest BCUT2D eigenvalue weighted by Gasteiger charge is -2.33. The first kappa shape index (κ1) is 33.7. The normalized spacial score (nSPS) is 16.6. The van der Waals surface area contributed by atoms with Gasteiger partial charge in [-0.2, -0.15) is 4.57 Å². The van der Waals surface area contributed by atoms with Crippen molar-refractivity contribution in [3.8, 4) is 67.5 Å². The molecule has 6 aromatic carbocycles. The summed E-state index contributed by atoms with van der Waals surface area (Å²) < 4.78 is 33.3. The number of hydrogen-bond donors (Lipinski definition) is 0. The van der Waals surface area contributed by atoms with Gasteiger partial charge in [0.2, 0.25) is 5.69 Å². The van der Waals surface area contributed by atoms with E-state index in [0.29, 0.717) is 0 Å². The van der Waals surface area contributed by atoms with Gasteiger partial charge in [-0.05, 0) is 124 Å². The van der Waals surface area contributed by atoms with E-state index in [9.17, 15) is 0 Å². The summed E-state index contributed by atoms with van der Waals surface area (Å²) in [5, 5.41) is 0. The summed E-state index contributed by atoms with van der Waals surface area (Å²) in [6, 6.07) is 46.3. The molecule has 0 radical (unpaired) electrons. The van der Waals surface area contributed by atoms with E-state index in [1.165, 1.54) is 33.4 Å². The van der Waals surface area contributed by atoms with Crippen molar-refractivity contribution in [1.82, 2.24) is 4.57 Å². The molecule has 1 atom stereocenters. The second-order valence-corrected chi connectivity index (χ2v) is 18.3. The highest BCUT2D eigenvalue weighted by Gasteiger charge is 2.68. The van der Waals surface area contributed by atoms with E-state index in [1.807, 2.05) is 45.9 Å². The van der Waals surface area contributed by atoms with Gasteiger partial charge in [0.15, 0.2) is 23.0 Å². The van der Waals surface area contributed by atoms with Crippen LogP contribution in [0.3, 0.4) is 0 Å². The molecule has 1 unspecified atom stereocenters. The zero-order chi connectivity index (χ0) is 42.5. The van der Waals surface area contributed by atoms with Gasteiger partial charge in [-0.15, -0.1) is 9.13 Å². The molecule has 4 heteroatoms. The maximum atomic E-state index is 9.13. The van der Waals surface area contributed by atoms with Crippen molar-refractivity contribution in [2.75, 3.05) is 0 Å². The summed E-state index contributed by atoms with van der Waals surface area (Å²) in [5.74, 6) is -0.794. The van der Waals surface area contributed by atoms with Crippen LogP contribution in [-0.2, 0) is 11.3 Å². The van der Waals surface area contributed by atoms with E-state index in [4.69, 9.17) is 7.48 Å². The molecule has 3 aliphatic rings. The molecule has 0 saturated heterocycles. The fourth-order valence-electron chi connectivity index (χ4n) is 10.3. The van der Waals surface area contributed by atoms with Crippen LogP contribution in [0.2, 0.25) is 0 Å². The first-order valence-electron chi connectivity index (χ1n) is 21.9. The van der Waals surface area contributed by atoms with Gasteiger partial charge in [-0.25, -0.2) is 0 Å². The molecule has 8 aromatic rings. The van der Waals surface area contributed by atoms with E-state index in [2.05, 4.69) is 164 Å². The lowest BCUT2D eigenvalue weighted by Crippen LogP contribution is -2.78. The molecule has 5 heterocycles. The molecular weight excluding hydrogens is 719 g/mol. The molecule has 0 N–H and O–H groups in total. The number of benzene rings is 6. The van der Waals surface area contributed by atoms with Gasteiger partial charge in [-0.3, -0.25) is 0 Å². The van der Waals surface area contributed by atoms with Gasteiger partial charge < -0.3 is 4.74 Å². The summed E-state index contributed by atoms with van der Waals surface area (Å²) in [7, 11) is 0. The number of ether oxygens (including phenoxy) is 1. The standard InChI is InChI=1S/C55H51N3O/c1-32(2)41-17-13-18-42(33(3)4)49(41)37-21-23-40(24-22-37)57-47-20-14-19-43-44-30-39(54(7,8)9)31-45-48-29-38(36-15-11-10-12-16-36)25-26-56(48)55(50(44)45)58(51(43)47)53(57)46-28-34(5)27-35(6)52(46)59-55/h10-33H,1-9H3/q+2/i32D,33D. The average Bonchev–Trinajstić information content (AvgIpc) is 3.72. The van der Waals surface area contributed by atoms with Crippen molar-refractivity contribution in [3.05, 3.63) is 167 Å². The van der Waals surface area contributed by atoms with Gasteiger partial charge in [-0.1, -0.05) is 121 Å². The average molecular weight is 772 g/mol. The minimum Gasteiger partial charge on any atom is -0.392 e. The first-order valence-corrected chi connectivity index (χ1v) is 20.9. The number of imidazole rings is 1. The fraction of sp³-hybridized carbons (Fsp3) is 0.236. The molecule has 11 rings (SSSR count). The van der Waals surface area contributed by atoms with E-state index in [1.54, 1.807) is 0 Å². The summed E-state index contributed by atoms with van der Waals surface area (Å²) in [5.41, 5.74) is 19.8. The number of fused-ring (bicyclic) bond motifs is 5. The van der Waals surface area contributed by atoms with E-state index >= 15 is 0 Å². The van der Waals surface area contributed by atoms with Crippen LogP contribution in [0.15, 0.2) is 134 Å². The van der Waals surface area contributed by atoms with Gasteiger partial charge in [0, 0.05) is 26.0 Å². The Labute approximate surface area is 350 Å². The number of rotatable bonds is 5. The summed E-state index contributed by atoms with van der Waals surface area (Å²) in [4.78, 5) is 0. The highest BCUT2D eigenvalue weighted by molar-refractivity contribution is 5.98. The lowest BCUT2D eigenvalue weighted by molar-refractivity contribution is -0.997. The van der Waals surface area contributed by atoms with Crippen molar-refractivity contribution in [2.24, 2.45) is 0 Å². The third-order valence-electron chi connectivity index (χ3n) is 13.0. The Morgan fingerprint density at radius 2 is 1.36 bits per heavy atom. The monoisotopic (exact) mass is 771 g/mol. The Balaban J connectivity index is 1.25. The van der Waals surface area contributed by atoms with E-state index in [0.717, 1.165) is 78.5 Å². The molecular formula is C55H51N3O+2. The summed E-state index contributed by atoms with van der Waals surface area (Å²) in [6.07, 6.45) is 2.24. The number of pyridine rings is 1. The number of aryl methyl sites for hydroxylation is 2. The molecule has 2 aromatic heterocycles. The Morgan fingerprint density at radius 1 is 0.661 bits per heavy atom. The van der Waals surface area contributed by atoms with Crippen molar-refractivity contribution in [3.63, 3.8) is 0 Å². The highest BCUT2D eigenvalue weighted by atomic mass is 16.5. The molecule has 0 amide bonds. The quantitative estimate of drug-likeness (QED) is 0.160. The largest absolute Gasteiger partial charge is 0.499 e. The van der Waals surface area contributed by atoms with Crippen molar-refractivity contribution in [1.29, 1.82) is 0 Å². The molecule has 0 saturated carbocycles. The third kappa shape index (κ3) is 4.89. The minimum atomic E-state index is -1.04. The van der Waals surface area contributed by atoms with Crippen LogP contribution < -0.4 is 13.9 Å². The van der Waals surface area contributed by atoms with Crippen LogP contribution in [0.1, 0.15) is 96.4 Å². The summed E-state index contributed by atoms with van der Waals surface area (Å²) in [6.45, 7) is 19.0. The third-order valence-corrected chi connectivity index (χ3v) is 13.0. The van der Waals surface area contributed by atoms with Crippen molar-refractivity contribution >= 4 is 11.0 Å². The first-order chi connectivity index (χ1) is 29.0. The molecule has 0 fully saturated rings. The number of nitrogens with zero attached hydrogens (tertiary/aromatic N) is 3. The lowest BCUT2D eigenvalue weighted by atomic mass is 9.80. The van der Waals surface area contributed by atoms with Crippen LogP contribution in [-0.4, -0.2) is 4.57 Å². The van der Waals surface area contributed by atoms with Gasteiger partial charge in [0.05, 0.1) is 5.56 Å². The Kier molecular flexibility index (Phi) is 7.07. The maximum Gasteiger partial charge on any atom is 0.499 e. The van der Waals surface area contributed by atoms with Crippen LogP contribution in [0.4, 0.5) is 0 Å². The number of para-hydroxylation sites is 1. The van der Waals surface area contributed by atoms with Gasteiger partial charge in [0.1, 0.15) is 16.8 Å². The smallest absolute Gasteiger partial charge is 0.392 e. The molecule has 0 bridgehead atoms. The molecule has 290 valence electrons. The molecule has 3 aliphatic heterocycles. The summed E-state index contributed by atoms with van der Waals surface area (Å²) >= 11 is 0. The Bertz CT molecular complexity index is 3140. The second-order valence-electron chi connectivity index (χ2n) is 18.3. The molecule has 4 nitrogen and oxygen atoms in total. The highest BCUT2D eigenvalue weighted by Crippen LogP contribution is 2.55. The topological polar surface area (TPSA) is 21.9 Å². The fourth-order valence-corrected chi connectivity index (χ4v) is 10.3. The molecule has 59 heavy (non-hydrogen) atoms. The second kappa shape index (κ2) is 12.4. The zero-order valence-electron chi connectivity index (χ0n) is 37.5. The number of hydrogen-bond acceptors (Lipinski definition) is 1. The van der Waals surface area contributed by atoms with E-state index < -0.39 is 17.6 Å². The Hall–Kier alpha value is -6.26. The Morgan fingerprint density at radius 3 is 2.05 bits per heavy atom. The van der Waals surface area contributed by atoms with Crippen LogP contribution in [0, 0.1) is 13.8 Å². The zero-order valence-corrected chi connectivity index (χ0v) is 35.5. The SMILES string of the molecule is [2H]C(C)(C)c1cccc(C([2H])(C)C)c1-c1ccc(-n2c3[n+]4c5c(cccc52)-c2cc(C(C)(C)C)cc5c2C4(Oc2c(C)cc(C)cc2-3)[n+]2ccc(-c3ccccc3)cc2-5)cc1. The van der Waals surface area contributed by atoms with Crippen molar-refractivity contribution in [2.45, 2.75) is 85.4 Å². The van der Waals surface area contributed by atoms with Crippen molar-refractivity contribution < 1.29 is 16.6 Å². The van der Waals surface area contributed by atoms with Crippen LogP contribution in [0.5, 0.6) is 5.75 Å². The predicted octanol–water partition coefficient (Wildman–Crippen LogP) is 12.9. The van der Waals surface area contributed by atoms with Crippen LogP contribution in [0.25, 0.3) is 72.7 Å². The molecule has 0 aliphatic carbocycles. The van der Waals surface area contributed by atoms with Crippen LogP contribution >= 0.6 is 0 Å². The van der Waals surface area contributed by atoms with Gasteiger partial charge in [0.25, 0.3) is 0 Å². The minimum absolute atomic E-state index is 0.0969. The van der Waals surface area contributed by atoms with E-state index in [-0.39, 0.29) is 5.41 Å². The predicted molar refractivity (Wildman–Crippen MR) is 240 cm³/mol. The molecule has 1 spiro atoms.